The summed E-state index contributed by atoms with van der Waals surface area (Å²) in [5, 5.41) is 3.48. The smallest absolute Gasteiger partial charge is 0.408 e. The van der Waals surface area contributed by atoms with Gasteiger partial charge in [-0.3, -0.25) is 4.79 Å². The van der Waals surface area contributed by atoms with E-state index in [1.807, 2.05) is 42.5 Å². The van der Waals surface area contributed by atoms with Crippen LogP contribution in [0.1, 0.15) is 42.4 Å². The molecule has 0 aliphatic rings. The molecule has 1 amide bonds. The predicted molar refractivity (Wildman–Crippen MR) is 122 cm³/mol. The fraction of sp³-hybridized carbons (Fsp3) is 0.320. The number of carbonyl (C=O) groups is 3. The van der Waals surface area contributed by atoms with E-state index in [1.54, 1.807) is 32.9 Å². The van der Waals surface area contributed by atoms with E-state index < -0.39 is 23.7 Å². The molecule has 2 N–H and O–H groups in total. The van der Waals surface area contributed by atoms with Crippen LogP contribution >= 0.6 is 0 Å². The first kappa shape index (κ1) is 23.1. The molecule has 0 unspecified atom stereocenters. The Morgan fingerprint density at radius 1 is 1.00 bits per heavy atom. The average Bonchev–Trinajstić information content (AvgIpc) is 3.09. The summed E-state index contributed by atoms with van der Waals surface area (Å²) in [5.41, 5.74) is 2.21. The third-order valence-corrected chi connectivity index (χ3v) is 4.92. The Bertz CT molecular complexity index is 1110. The first-order chi connectivity index (χ1) is 15.2. The number of ether oxygens (including phenoxy) is 2. The average molecular weight is 437 g/mol. The maximum atomic E-state index is 12.9. The summed E-state index contributed by atoms with van der Waals surface area (Å²) in [7, 11) is 1.27. The zero-order valence-corrected chi connectivity index (χ0v) is 18.7. The highest BCUT2D eigenvalue weighted by Gasteiger charge is 2.28. The Hall–Kier alpha value is -3.61. The largest absolute Gasteiger partial charge is 0.467 e. The van der Waals surface area contributed by atoms with Crippen LogP contribution in [0.4, 0.5) is 4.79 Å². The van der Waals surface area contributed by atoms with Crippen molar-refractivity contribution >= 4 is 28.7 Å². The Morgan fingerprint density at radius 3 is 2.31 bits per heavy atom. The maximum Gasteiger partial charge on any atom is 0.408 e. The van der Waals surface area contributed by atoms with Crippen LogP contribution in [0, 0.1) is 0 Å². The van der Waals surface area contributed by atoms with Gasteiger partial charge in [0.1, 0.15) is 11.6 Å². The van der Waals surface area contributed by atoms with Crippen LogP contribution in [0.15, 0.2) is 54.6 Å². The number of benzene rings is 2. The number of carbonyl (C=O) groups excluding carboxylic acids is 3. The normalized spacial score (nSPS) is 12.2. The molecule has 1 heterocycles. The van der Waals surface area contributed by atoms with Gasteiger partial charge in [-0.25, -0.2) is 9.59 Å². The SMILES string of the molecule is COC(=O)[C@H](Cc1c(CC(=O)c2ccccc2)[nH]c2ccccc12)NC(=O)OC(C)(C)C. The van der Waals surface area contributed by atoms with Gasteiger partial charge in [0.25, 0.3) is 0 Å². The van der Waals surface area contributed by atoms with E-state index in [0.29, 0.717) is 11.3 Å². The number of H-pyrrole nitrogens is 1. The summed E-state index contributed by atoms with van der Waals surface area (Å²) < 4.78 is 10.2. The molecule has 7 nitrogen and oxygen atoms in total. The third kappa shape index (κ3) is 5.75. The van der Waals surface area contributed by atoms with Gasteiger partial charge in [-0.2, -0.15) is 0 Å². The highest BCUT2D eigenvalue weighted by Crippen LogP contribution is 2.25. The lowest BCUT2D eigenvalue weighted by atomic mass is 9.98. The van der Waals surface area contributed by atoms with E-state index in [0.717, 1.165) is 16.5 Å². The minimum atomic E-state index is -0.973. The Kier molecular flexibility index (Phi) is 6.98. The number of rotatable bonds is 7. The first-order valence-electron chi connectivity index (χ1n) is 10.4. The molecule has 1 aromatic heterocycles. The number of aromatic amines is 1. The zero-order valence-electron chi connectivity index (χ0n) is 18.7. The molecule has 3 aromatic rings. The molecule has 3 rings (SSSR count). The highest BCUT2D eigenvalue weighted by molar-refractivity contribution is 5.98. The molecular formula is C25H28N2O5. The Balaban J connectivity index is 1.92. The van der Waals surface area contributed by atoms with Crippen molar-refractivity contribution in [2.45, 2.75) is 45.3 Å². The van der Waals surface area contributed by atoms with Crippen molar-refractivity contribution in [1.82, 2.24) is 10.3 Å². The minimum absolute atomic E-state index is 0.0480. The number of para-hydroxylation sites is 1. The van der Waals surface area contributed by atoms with Gasteiger partial charge in [-0.05, 0) is 32.4 Å². The van der Waals surface area contributed by atoms with Gasteiger partial charge in [0, 0.05) is 28.6 Å². The monoisotopic (exact) mass is 436 g/mol. The number of nitrogens with one attached hydrogen (secondary N) is 2. The van der Waals surface area contributed by atoms with Crippen molar-refractivity contribution in [2.75, 3.05) is 7.11 Å². The Labute approximate surface area is 187 Å². The molecule has 7 heteroatoms. The molecule has 0 radical (unpaired) electrons. The second-order valence-electron chi connectivity index (χ2n) is 8.52. The van der Waals surface area contributed by atoms with Gasteiger partial charge in [0.2, 0.25) is 0 Å². The molecule has 0 fully saturated rings. The molecule has 2 aromatic carbocycles. The van der Waals surface area contributed by atoms with Crippen molar-refractivity contribution in [3.63, 3.8) is 0 Å². The van der Waals surface area contributed by atoms with Crippen molar-refractivity contribution in [1.29, 1.82) is 0 Å². The number of fused-ring (bicyclic) bond motifs is 1. The van der Waals surface area contributed by atoms with E-state index in [9.17, 15) is 14.4 Å². The van der Waals surface area contributed by atoms with Crippen molar-refractivity contribution in [3.8, 4) is 0 Å². The molecular weight excluding hydrogens is 408 g/mol. The van der Waals surface area contributed by atoms with Crippen molar-refractivity contribution in [3.05, 3.63) is 71.4 Å². The molecule has 0 aliphatic carbocycles. The highest BCUT2D eigenvalue weighted by atomic mass is 16.6. The number of amides is 1. The fourth-order valence-corrected chi connectivity index (χ4v) is 3.52. The van der Waals surface area contributed by atoms with E-state index in [2.05, 4.69) is 10.3 Å². The summed E-state index contributed by atoms with van der Waals surface area (Å²) in [4.78, 5) is 40.9. The third-order valence-electron chi connectivity index (χ3n) is 4.92. The summed E-state index contributed by atoms with van der Waals surface area (Å²) in [6.07, 6.45) is -0.434. The van der Waals surface area contributed by atoms with Gasteiger partial charge in [0.15, 0.2) is 5.78 Å². The summed E-state index contributed by atoms with van der Waals surface area (Å²) in [6.45, 7) is 5.23. The molecule has 0 saturated heterocycles. The van der Waals surface area contributed by atoms with Gasteiger partial charge in [-0.1, -0.05) is 48.5 Å². The van der Waals surface area contributed by atoms with Gasteiger partial charge < -0.3 is 19.8 Å². The van der Waals surface area contributed by atoms with Gasteiger partial charge in [0.05, 0.1) is 13.5 Å². The number of hydrogen-bond acceptors (Lipinski definition) is 5. The fourth-order valence-electron chi connectivity index (χ4n) is 3.52. The lowest BCUT2D eigenvalue weighted by Gasteiger charge is -2.22. The number of esters is 1. The number of alkyl carbamates (subject to hydrolysis) is 1. The molecule has 1 atom stereocenters. The molecule has 168 valence electrons. The van der Waals surface area contributed by atoms with Crippen molar-refractivity contribution in [2.24, 2.45) is 0 Å². The standard InChI is InChI=1S/C25H28N2O5/c1-25(2,3)32-24(30)27-21(23(29)31-4)14-18-17-12-8-9-13-19(17)26-20(18)15-22(28)16-10-6-5-7-11-16/h5-13,21,26H,14-15H2,1-4H3,(H,27,30)/t21-/m0/s1. The van der Waals surface area contributed by atoms with Crippen LogP contribution in [0.3, 0.4) is 0 Å². The van der Waals surface area contributed by atoms with Crippen LogP contribution < -0.4 is 5.32 Å². The van der Waals surface area contributed by atoms with E-state index >= 15 is 0 Å². The van der Waals surface area contributed by atoms with Crippen LogP contribution in [-0.4, -0.2) is 41.6 Å². The topological polar surface area (TPSA) is 97.5 Å². The second kappa shape index (κ2) is 9.68. The van der Waals surface area contributed by atoms with E-state index in [-0.39, 0.29) is 18.6 Å². The minimum Gasteiger partial charge on any atom is -0.467 e. The lowest BCUT2D eigenvalue weighted by molar-refractivity contribution is -0.143. The number of ketones is 1. The summed E-state index contributed by atoms with van der Waals surface area (Å²) in [6, 6.07) is 15.7. The summed E-state index contributed by atoms with van der Waals surface area (Å²) in [5.74, 6) is -0.644. The van der Waals surface area contributed by atoms with Gasteiger partial charge in [-0.15, -0.1) is 0 Å². The maximum absolute atomic E-state index is 12.9. The molecule has 0 spiro atoms. The number of Topliss-reactive ketones (excluding diaryl/α,β-unsaturated/α-hetero) is 1. The molecule has 0 saturated carbocycles. The van der Waals surface area contributed by atoms with E-state index in [1.165, 1.54) is 7.11 Å². The first-order valence-corrected chi connectivity index (χ1v) is 10.4. The lowest BCUT2D eigenvalue weighted by Crippen LogP contribution is -2.45. The molecule has 32 heavy (non-hydrogen) atoms. The van der Waals surface area contributed by atoms with Crippen molar-refractivity contribution < 1.29 is 23.9 Å². The predicted octanol–water partition coefficient (Wildman–Crippen LogP) is 4.20. The zero-order chi connectivity index (χ0) is 23.3. The number of methoxy groups -OCH3 is 1. The van der Waals surface area contributed by atoms with Gasteiger partial charge >= 0.3 is 12.1 Å². The number of aromatic nitrogens is 1. The Morgan fingerprint density at radius 2 is 1.66 bits per heavy atom. The number of hydrogen-bond donors (Lipinski definition) is 2. The van der Waals surface area contributed by atoms with E-state index in [4.69, 9.17) is 9.47 Å². The van der Waals surface area contributed by atoms with Crippen LogP contribution in [0.2, 0.25) is 0 Å². The quantitative estimate of drug-likeness (QED) is 0.427. The molecule has 0 aliphatic heterocycles. The molecule has 0 bridgehead atoms. The second-order valence-corrected chi connectivity index (χ2v) is 8.52. The van der Waals surface area contributed by atoms with Crippen LogP contribution in [0.25, 0.3) is 10.9 Å². The van der Waals surface area contributed by atoms with Crippen LogP contribution in [0.5, 0.6) is 0 Å². The van der Waals surface area contributed by atoms with Crippen LogP contribution in [-0.2, 0) is 27.1 Å². The summed E-state index contributed by atoms with van der Waals surface area (Å²) >= 11 is 0.